The third-order valence-corrected chi connectivity index (χ3v) is 2.68. The number of hydrogen-bond donors (Lipinski definition) is 1. The van der Waals surface area contributed by atoms with Gasteiger partial charge in [0.2, 0.25) is 0 Å². The Morgan fingerprint density at radius 2 is 2.00 bits per heavy atom. The lowest BCUT2D eigenvalue weighted by molar-refractivity contribution is 0.0288. The fraction of sp³-hybridized carbons (Fsp3) is 0.467. The van der Waals surface area contributed by atoms with Crippen LogP contribution in [0.25, 0.3) is 0 Å². The molecule has 1 rings (SSSR count). The molecule has 0 bridgehead atoms. The van der Waals surface area contributed by atoms with E-state index in [2.05, 4.69) is 11.9 Å². The van der Waals surface area contributed by atoms with Gasteiger partial charge in [-0.15, -0.1) is 0 Å². The quantitative estimate of drug-likeness (QED) is 0.657. The van der Waals surface area contributed by atoms with Crippen molar-refractivity contribution in [2.75, 3.05) is 34.0 Å². The van der Waals surface area contributed by atoms with Crippen molar-refractivity contribution in [1.82, 2.24) is 5.32 Å². The van der Waals surface area contributed by atoms with Gasteiger partial charge in [0.15, 0.2) is 0 Å². The van der Waals surface area contributed by atoms with Crippen molar-refractivity contribution < 1.29 is 14.2 Å². The second kappa shape index (κ2) is 9.55. The van der Waals surface area contributed by atoms with Crippen LogP contribution in [0.4, 0.5) is 0 Å². The molecule has 0 heterocycles. The molecule has 1 atom stereocenters. The molecule has 0 fully saturated rings. The number of benzene rings is 1. The number of nitrogens with one attached hydrogen (secondary N) is 1. The van der Waals surface area contributed by atoms with Gasteiger partial charge < -0.3 is 19.5 Å². The Hall–Kier alpha value is -1.36. The molecule has 0 saturated carbocycles. The van der Waals surface area contributed by atoms with Crippen molar-refractivity contribution in [3.05, 3.63) is 42.5 Å². The molecule has 0 aliphatic rings. The third kappa shape index (κ3) is 6.38. The Morgan fingerprint density at radius 1 is 1.26 bits per heavy atom. The predicted octanol–water partition coefficient (Wildman–Crippen LogP) is 2.00. The molecule has 0 spiro atoms. The fourth-order valence-corrected chi connectivity index (χ4v) is 1.63. The van der Waals surface area contributed by atoms with Crippen LogP contribution in [0.2, 0.25) is 0 Å². The molecule has 1 aromatic rings. The van der Waals surface area contributed by atoms with Crippen molar-refractivity contribution in [3.63, 3.8) is 0 Å². The molecule has 0 amide bonds. The highest BCUT2D eigenvalue weighted by Gasteiger charge is 2.05. The van der Waals surface area contributed by atoms with E-state index in [1.165, 1.54) is 5.56 Å². The van der Waals surface area contributed by atoms with Gasteiger partial charge in [0.25, 0.3) is 0 Å². The van der Waals surface area contributed by atoms with E-state index < -0.39 is 0 Å². The van der Waals surface area contributed by atoms with Crippen molar-refractivity contribution >= 4 is 0 Å². The molecule has 1 unspecified atom stereocenters. The van der Waals surface area contributed by atoms with E-state index in [-0.39, 0.29) is 6.10 Å². The van der Waals surface area contributed by atoms with Gasteiger partial charge in [-0.1, -0.05) is 24.8 Å². The van der Waals surface area contributed by atoms with Crippen LogP contribution in [-0.4, -0.2) is 40.1 Å². The van der Waals surface area contributed by atoms with Crippen LogP contribution < -0.4 is 10.1 Å². The van der Waals surface area contributed by atoms with Gasteiger partial charge in [-0.3, -0.25) is 0 Å². The highest BCUT2D eigenvalue weighted by Crippen LogP contribution is 2.11. The molecular formula is C15H23NO3. The van der Waals surface area contributed by atoms with Crippen molar-refractivity contribution in [2.24, 2.45) is 0 Å². The van der Waals surface area contributed by atoms with E-state index in [1.54, 1.807) is 20.3 Å². The Morgan fingerprint density at radius 3 is 2.58 bits per heavy atom. The number of hydrogen-bond acceptors (Lipinski definition) is 4. The van der Waals surface area contributed by atoms with Crippen molar-refractivity contribution in [3.8, 4) is 5.75 Å². The van der Waals surface area contributed by atoms with Gasteiger partial charge in [-0.2, -0.15) is 0 Å². The molecule has 0 aromatic heterocycles. The topological polar surface area (TPSA) is 39.7 Å². The van der Waals surface area contributed by atoms with Crippen molar-refractivity contribution in [1.29, 1.82) is 0 Å². The zero-order valence-electron chi connectivity index (χ0n) is 11.7. The fourth-order valence-electron chi connectivity index (χ4n) is 1.63. The second-order valence-corrected chi connectivity index (χ2v) is 4.19. The molecule has 106 valence electrons. The maximum atomic E-state index is 5.43. The molecule has 19 heavy (non-hydrogen) atoms. The number of ether oxygens (including phenoxy) is 3. The van der Waals surface area contributed by atoms with E-state index in [0.29, 0.717) is 13.2 Å². The minimum Gasteiger partial charge on any atom is -0.490 e. The minimum absolute atomic E-state index is 0.0835. The summed E-state index contributed by atoms with van der Waals surface area (Å²) in [5, 5.41) is 3.34. The molecule has 0 radical (unpaired) electrons. The number of rotatable bonds is 10. The maximum Gasteiger partial charge on any atom is 0.119 e. The Kier molecular flexibility index (Phi) is 7.89. The van der Waals surface area contributed by atoms with E-state index in [1.807, 2.05) is 24.3 Å². The zero-order chi connectivity index (χ0) is 13.9. The largest absolute Gasteiger partial charge is 0.490 e. The molecule has 4 heteroatoms. The SMILES string of the molecule is C=CCOc1ccc(CNCC(COC)OC)cc1. The zero-order valence-corrected chi connectivity index (χ0v) is 11.7. The van der Waals surface area contributed by atoms with Crippen LogP contribution in [0.3, 0.4) is 0 Å². The molecule has 1 N–H and O–H groups in total. The van der Waals surface area contributed by atoms with Gasteiger partial charge >= 0.3 is 0 Å². The first-order valence-corrected chi connectivity index (χ1v) is 6.35. The summed E-state index contributed by atoms with van der Waals surface area (Å²) in [5.41, 5.74) is 1.21. The third-order valence-electron chi connectivity index (χ3n) is 2.68. The van der Waals surface area contributed by atoms with Gasteiger partial charge in [0.05, 0.1) is 12.7 Å². The van der Waals surface area contributed by atoms with E-state index in [0.717, 1.165) is 18.8 Å². The first-order chi connectivity index (χ1) is 9.30. The monoisotopic (exact) mass is 265 g/mol. The molecular weight excluding hydrogens is 242 g/mol. The lowest BCUT2D eigenvalue weighted by Gasteiger charge is -2.15. The van der Waals surface area contributed by atoms with Gasteiger partial charge in [0, 0.05) is 27.3 Å². The van der Waals surface area contributed by atoms with Gasteiger partial charge in [0.1, 0.15) is 12.4 Å². The average molecular weight is 265 g/mol. The smallest absolute Gasteiger partial charge is 0.119 e. The van der Waals surface area contributed by atoms with Crippen LogP contribution in [0.1, 0.15) is 5.56 Å². The highest BCUT2D eigenvalue weighted by molar-refractivity contribution is 5.27. The Labute approximate surface area is 115 Å². The summed E-state index contributed by atoms with van der Waals surface area (Å²) in [5.74, 6) is 0.859. The van der Waals surface area contributed by atoms with Crippen LogP contribution >= 0.6 is 0 Å². The molecule has 0 aliphatic carbocycles. The lowest BCUT2D eigenvalue weighted by Crippen LogP contribution is -2.31. The summed E-state index contributed by atoms with van der Waals surface area (Å²) in [6.45, 7) is 6.30. The summed E-state index contributed by atoms with van der Waals surface area (Å²) in [7, 11) is 3.37. The summed E-state index contributed by atoms with van der Waals surface area (Å²) in [6, 6.07) is 8.01. The van der Waals surface area contributed by atoms with E-state index in [9.17, 15) is 0 Å². The first kappa shape index (κ1) is 15.7. The maximum absolute atomic E-state index is 5.43. The van der Waals surface area contributed by atoms with Crippen LogP contribution in [-0.2, 0) is 16.0 Å². The molecule has 4 nitrogen and oxygen atoms in total. The highest BCUT2D eigenvalue weighted by atomic mass is 16.5. The summed E-state index contributed by atoms with van der Waals surface area (Å²) in [4.78, 5) is 0. The molecule has 0 aliphatic heterocycles. The second-order valence-electron chi connectivity index (χ2n) is 4.19. The van der Waals surface area contributed by atoms with E-state index >= 15 is 0 Å². The average Bonchev–Trinajstić information content (AvgIpc) is 2.45. The van der Waals surface area contributed by atoms with Crippen LogP contribution in [0.5, 0.6) is 5.75 Å². The van der Waals surface area contributed by atoms with Crippen LogP contribution in [0.15, 0.2) is 36.9 Å². The van der Waals surface area contributed by atoms with Crippen LogP contribution in [0, 0.1) is 0 Å². The first-order valence-electron chi connectivity index (χ1n) is 6.35. The van der Waals surface area contributed by atoms with E-state index in [4.69, 9.17) is 14.2 Å². The number of methoxy groups -OCH3 is 2. The normalized spacial score (nSPS) is 12.1. The summed E-state index contributed by atoms with van der Waals surface area (Å²) < 4.78 is 15.8. The minimum atomic E-state index is 0.0835. The van der Waals surface area contributed by atoms with Gasteiger partial charge in [-0.05, 0) is 17.7 Å². The summed E-state index contributed by atoms with van der Waals surface area (Å²) in [6.07, 6.45) is 1.82. The predicted molar refractivity (Wildman–Crippen MR) is 76.5 cm³/mol. The Bertz CT molecular complexity index is 351. The molecule has 0 saturated heterocycles. The standard InChI is InChI=1S/C15H23NO3/c1-4-9-19-14-7-5-13(6-8-14)10-16-11-15(18-3)12-17-2/h4-8,15-16H,1,9-12H2,2-3H3. The van der Waals surface area contributed by atoms with Gasteiger partial charge in [-0.25, -0.2) is 0 Å². The molecule has 1 aromatic carbocycles. The lowest BCUT2D eigenvalue weighted by atomic mass is 10.2. The van der Waals surface area contributed by atoms with Crippen molar-refractivity contribution in [2.45, 2.75) is 12.6 Å². The summed E-state index contributed by atoms with van der Waals surface area (Å²) >= 11 is 0. The Balaban J connectivity index is 2.30.